The molecule has 1 amide bonds. The van der Waals surface area contributed by atoms with Crippen LogP contribution in [0.15, 0.2) is 24.3 Å². The Morgan fingerprint density at radius 3 is 2.68 bits per heavy atom. The monoisotopic (exact) mass is 260 g/mol. The van der Waals surface area contributed by atoms with Gasteiger partial charge in [-0.3, -0.25) is 4.79 Å². The highest BCUT2D eigenvalue weighted by Crippen LogP contribution is 2.20. The Kier molecular flexibility index (Phi) is 4.97. The number of piperidine rings is 1. The molecule has 0 aromatic heterocycles. The van der Waals surface area contributed by atoms with Gasteiger partial charge < -0.3 is 10.6 Å². The Hall–Kier alpha value is -1.35. The fourth-order valence-corrected chi connectivity index (χ4v) is 2.44. The first kappa shape index (κ1) is 14.1. The van der Waals surface area contributed by atoms with Gasteiger partial charge in [0.15, 0.2) is 0 Å². The molecule has 1 heterocycles. The maximum absolute atomic E-state index is 12.1. The van der Waals surface area contributed by atoms with E-state index >= 15 is 0 Å². The molecule has 1 aliphatic rings. The number of amides is 1. The summed E-state index contributed by atoms with van der Waals surface area (Å²) in [6.07, 6.45) is 4.39. The van der Waals surface area contributed by atoms with Crippen molar-refractivity contribution in [1.29, 1.82) is 0 Å². The van der Waals surface area contributed by atoms with Gasteiger partial charge in [-0.1, -0.05) is 32.4 Å². The minimum absolute atomic E-state index is 0.0250. The lowest BCUT2D eigenvalue weighted by Gasteiger charge is -2.22. The van der Waals surface area contributed by atoms with Crippen LogP contribution >= 0.6 is 0 Å². The third-order valence-electron chi connectivity index (χ3n) is 3.99. The molecule has 104 valence electrons. The van der Waals surface area contributed by atoms with Crippen molar-refractivity contribution in [2.45, 2.75) is 51.5 Å². The predicted molar refractivity (Wildman–Crippen MR) is 79.4 cm³/mol. The first-order valence-electron chi connectivity index (χ1n) is 7.35. The molecule has 0 aliphatic carbocycles. The van der Waals surface area contributed by atoms with Crippen LogP contribution < -0.4 is 10.6 Å². The van der Waals surface area contributed by atoms with Crippen LogP contribution in [-0.2, 0) is 4.79 Å². The molecule has 1 aromatic carbocycles. The normalized spacial score (nSPS) is 20.8. The van der Waals surface area contributed by atoms with Gasteiger partial charge >= 0.3 is 0 Å². The number of rotatable bonds is 4. The van der Waals surface area contributed by atoms with Gasteiger partial charge in [-0.15, -0.1) is 0 Å². The lowest BCUT2D eigenvalue weighted by atomic mass is 9.98. The van der Waals surface area contributed by atoms with Crippen LogP contribution in [0.5, 0.6) is 0 Å². The fourth-order valence-electron chi connectivity index (χ4n) is 2.44. The minimum atomic E-state index is -0.0250. The highest BCUT2D eigenvalue weighted by molar-refractivity contribution is 5.94. The average Bonchev–Trinajstić information content (AvgIpc) is 2.48. The summed E-state index contributed by atoms with van der Waals surface area (Å²) in [7, 11) is 0. The van der Waals surface area contributed by atoms with Gasteiger partial charge in [0.05, 0.1) is 6.04 Å². The Bertz CT molecular complexity index is 407. The number of hydrogen-bond acceptors (Lipinski definition) is 2. The van der Waals surface area contributed by atoms with Crippen molar-refractivity contribution in [2.75, 3.05) is 11.9 Å². The van der Waals surface area contributed by atoms with Gasteiger partial charge in [-0.2, -0.15) is 0 Å². The number of benzene rings is 1. The molecule has 19 heavy (non-hydrogen) atoms. The highest BCUT2D eigenvalue weighted by Gasteiger charge is 2.20. The van der Waals surface area contributed by atoms with Crippen LogP contribution in [0.3, 0.4) is 0 Å². The van der Waals surface area contributed by atoms with Crippen LogP contribution in [0, 0.1) is 0 Å². The Balaban J connectivity index is 1.93. The second-order valence-corrected chi connectivity index (χ2v) is 5.42. The summed E-state index contributed by atoms with van der Waals surface area (Å²) in [5, 5.41) is 6.26. The molecule has 2 rings (SSSR count). The quantitative estimate of drug-likeness (QED) is 0.872. The smallest absolute Gasteiger partial charge is 0.241 e. The summed E-state index contributed by atoms with van der Waals surface area (Å²) < 4.78 is 0. The van der Waals surface area contributed by atoms with Gasteiger partial charge in [-0.25, -0.2) is 0 Å². The fraction of sp³-hybridized carbons (Fsp3) is 0.562. The molecular formula is C16H24N2O. The minimum Gasteiger partial charge on any atom is -0.325 e. The number of carbonyl (C=O) groups is 1. The molecule has 3 heteroatoms. The van der Waals surface area contributed by atoms with Crippen LogP contribution in [-0.4, -0.2) is 18.5 Å². The standard InChI is InChI=1S/C16H24N2O/c1-3-12(2)13-7-9-14(10-8-13)18-16(19)15-6-4-5-11-17-15/h7-10,12,15,17H,3-6,11H2,1-2H3,(H,18,19)/t12?,15-/m1/s1. The summed E-state index contributed by atoms with van der Waals surface area (Å²) in [4.78, 5) is 12.1. The number of carbonyl (C=O) groups excluding carboxylic acids is 1. The van der Waals surface area contributed by atoms with E-state index in [2.05, 4.69) is 36.6 Å². The van der Waals surface area contributed by atoms with Gasteiger partial charge in [-0.05, 0) is 49.4 Å². The first-order chi connectivity index (χ1) is 9.20. The van der Waals surface area contributed by atoms with Crippen molar-refractivity contribution in [1.82, 2.24) is 5.32 Å². The molecule has 3 nitrogen and oxygen atoms in total. The molecule has 1 unspecified atom stereocenters. The molecule has 1 saturated heterocycles. The SMILES string of the molecule is CCC(C)c1ccc(NC(=O)[C@H]2CCCCN2)cc1. The van der Waals surface area contributed by atoms with Crippen LogP contribution in [0.2, 0.25) is 0 Å². The molecule has 2 N–H and O–H groups in total. The molecule has 0 saturated carbocycles. The largest absolute Gasteiger partial charge is 0.325 e. The average molecular weight is 260 g/mol. The molecule has 0 spiro atoms. The molecule has 1 aromatic rings. The maximum Gasteiger partial charge on any atom is 0.241 e. The van der Waals surface area contributed by atoms with Crippen molar-refractivity contribution < 1.29 is 4.79 Å². The van der Waals surface area contributed by atoms with Crippen molar-refractivity contribution >= 4 is 11.6 Å². The van der Waals surface area contributed by atoms with E-state index in [4.69, 9.17) is 0 Å². The third-order valence-corrected chi connectivity index (χ3v) is 3.99. The molecule has 2 atom stereocenters. The van der Waals surface area contributed by atoms with Crippen molar-refractivity contribution in [3.8, 4) is 0 Å². The zero-order chi connectivity index (χ0) is 13.7. The summed E-state index contributed by atoms with van der Waals surface area (Å²) >= 11 is 0. The summed E-state index contributed by atoms with van der Waals surface area (Å²) in [5.41, 5.74) is 2.22. The molecule has 1 aliphatic heterocycles. The third kappa shape index (κ3) is 3.80. The van der Waals surface area contributed by atoms with Gasteiger partial charge in [0.1, 0.15) is 0 Å². The van der Waals surface area contributed by atoms with Crippen LogP contribution in [0.4, 0.5) is 5.69 Å². The predicted octanol–water partition coefficient (Wildman–Crippen LogP) is 3.28. The summed E-state index contributed by atoms with van der Waals surface area (Å²) in [5.74, 6) is 0.667. The maximum atomic E-state index is 12.1. The lowest BCUT2D eigenvalue weighted by molar-refractivity contribution is -0.118. The number of nitrogens with one attached hydrogen (secondary N) is 2. The van der Waals surface area contributed by atoms with Crippen LogP contribution in [0.1, 0.15) is 51.0 Å². The van der Waals surface area contributed by atoms with Gasteiger partial charge in [0, 0.05) is 5.69 Å². The molecule has 1 fully saturated rings. The molecule has 0 radical (unpaired) electrons. The highest BCUT2D eigenvalue weighted by atomic mass is 16.2. The number of anilines is 1. The Morgan fingerprint density at radius 2 is 2.11 bits per heavy atom. The second-order valence-electron chi connectivity index (χ2n) is 5.42. The van der Waals surface area contributed by atoms with E-state index < -0.39 is 0 Å². The van der Waals surface area contributed by atoms with E-state index in [1.165, 1.54) is 12.0 Å². The Labute approximate surface area is 115 Å². The summed E-state index contributed by atoms with van der Waals surface area (Å²) in [6, 6.07) is 8.20. The zero-order valence-electron chi connectivity index (χ0n) is 11.9. The lowest BCUT2D eigenvalue weighted by Crippen LogP contribution is -2.43. The van der Waals surface area contributed by atoms with E-state index in [0.29, 0.717) is 5.92 Å². The first-order valence-corrected chi connectivity index (χ1v) is 7.35. The van der Waals surface area contributed by atoms with Crippen molar-refractivity contribution in [2.24, 2.45) is 0 Å². The second kappa shape index (κ2) is 6.71. The van der Waals surface area contributed by atoms with Crippen molar-refractivity contribution in [3.63, 3.8) is 0 Å². The summed E-state index contributed by atoms with van der Waals surface area (Å²) in [6.45, 7) is 5.36. The van der Waals surface area contributed by atoms with Gasteiger partial charge in [0.25, 0.3) is 0 Å². The zero-order valence-corrected chi connectivity index (χ0v) is 11.9. The van der Waals surface area contributed by atoms with E-state index in [1.54, 1.807) is 0 Å². The van der Waals surface area contributed by atoms with Gasteiger partial charge in [0.2, 0.25) is 5.91 Å². The Morgan fingerprint density at radius 1 is 1.37 bits per heavy atom. The molecule has 0 bridgehead atoms. The van der Waals surface area contributed by atoms with E-state index in [9.17, 15) is 4.79 Å². The van der Waals surface area contributed by atoms with E-state index in [0.717, 1.165) is 31.5 Å². The number of hydrogen-bond donors (Lipinski definition) is 2. The topological polar surface area (TPSA) is 41.1 Å². The van der Waals surface area contributed by atoms with Crippen LogP contribution in [0.25, 0.3) is 0 Å². The molecular weight excluding hydrogens is 236 g/mol. The van der Waals surface area contributed by atoms with Crippen molar-refractivity contribution in [3.05, 3.63) is 29.8 Å². The van der Waals surface area contributed by atoms with E-state index in [-0.39, 0.29) is 11.9 Å². The van der Waals surface area contributed by atoms with E-state index in [1.807, 2.05) is 12.1 Å².